The SMILES string of the molecule is Cc1c(-c2ccc(N3CCc4c(O)ccc(C(=O)Nc5nc6ccccc6s5)c4C3)nc2C(=O)O)cnn1CC12CC3(C)CC(C)(C1)CC(ON)(C3)C2. The fraction of sp³-hybridized carbons (Fsp3) is 0.425. The van der Waals surface area contributed by atoms with Crippen LogP contribution in [0.2, 0.25) is 0 Å². The minimum absolute atomic E-state index is 0.00740. The molecule has 5 aliphatic rings. The quantitative estimate of drug-likeness (QED) is 0.121. The summed E-state index contributed by atoms with van der Waals surface area (Å²) in [5.41, 5.74) is 4.66. The zero-order valence-electron chi connectivity index (χ0n) is 30.1. The third-order valence-electron chi connectivity index (χ3n) is 12.3. The maximum Gasteiger partial charge on any atom is 0.355 e. The molecule has 5 aromatic rings. The Bertz CT molecular complexity index is 2280. The predicted molar refractivity (Wildman–Crippen MR) is 202 cm³/mol. The molecule has 4 saturated carbocycles. The molecular formula is C40H43N7O5S. The summed E-state index contributed by atoms with van der Waals surface area (Å²) >= 11 is 1.39. The largest absolute Gasteiger partial charge is 0.508 e. The number of pyridine rings is 1. The Morgan fingerprint density at radius 1 is 0.962 bits per heavy atom. The average Bonchev–Trinajstić information content (AvgIpc) is 3.68. The number of fused-ring (bicyclic) bond motifs is 2. The Balaban J connectivity index is 0.987. The molecule has 10 rings (SSSR count). The van der Waals surface area contributed by atoms with Gasteiger partial charge in [0.1, 0.15) is 11.6 Å². The van der Waals surface area contributed by atoms with E-state index < -0.39 is 5.97 Å². The predicted octanol–water partition coefficient (Wildman–Crippen LogP) is 7.09. The summed E-state index contributed by atoms with van der Waals surface area (Å²) < 4.78 is 3.00. The first-order valence-electron chi connectivity index (χ1n) is 18.2. The highest BCUT2D eigenvalue weighted by molar-refractivity contribution is 7.22. The van der Waals surface area contributed by atoms with E-state index in [1.807, 2.05) is 52.9 Å². The molecule has 13 heteroatoms. The number of aromatic carboxylic acids is 1. The molecule has 3 aromatic heterocycles. The first-order valence-corrected chi connectivity index (χ1v) is 19.0. The number of benzene rings is 2. The van der Waals surface area contributed by atoms with Gasteiger partial charge in [-0.1, -0.05) is 37.3 Å². The first kappa shape index (κ1) is 34.0. The number of nitrogens with two attached hydrogens (primary N) is 1. The van der Waals surface area contributed by atoms with E-state index in [1.54, 1.807) is 18.3 Å². The van der Waals surface area contributed by atoms with E-state index in [2.05, 4.69) is 24.1 Å². The molecule has 1 aliphatic heterocycles. The highest BCUT2D eigenvalue weighted by atomic mass is 32.1. The van der Waals surface area contributed by atoms with Crippen LogP contribution in [0.3, 0.4) is 0 Å². The van der Waals surface area contributed by atoms with Crippen molar-refractivity contribution in [3.8, 4) is 16.9 Å². The van der Waals surface area contributed by atoms with Gasteiger partial charge < -0.3 is 15.1 Å². The van der Waals surface area contributed by atoms with Gasteiger partial charge in [0.15, 0.2) is 10.8 Å². The standard InChI is InChI=1S/C40H43N7O5S/c1-23-27(14-42-47(23)22-39-17-37(2)16-38(3,18-39)20-40(19-37,21-39)52-41)25-9-11-32(44-33(25)35(50)51)46-13-12-24-28(15-46)26(8-10-30(24)48)34(49)45-36-43-29-6-4-5-7-31(29)53-36/h4-11,14,48H,12-13,15-22,41H2,1-3H3,(H,50,51)(H,43,45,49). The van der Waals surface area contributed by atoms with E-state index in [9.17, 15) is 19.8 Å². The van der Waals surface area contributed by atoms with E-state index in [0.717, 1.165) is 60.1 Å². The number of aromatic hydroxyl groups is 1. The minimum Gasteiger partial charge on any atom is -0.508 e. The number of carbonyl (C=O) groups is 2. The Labute approximate surface area is 311 Å². The smallest absolute Gasteiger partial charge is 0.355 e. The molecule has 4 bridgehead atoms. The zero-order chi connectivity index (χ0) is 36.9. The third-order valence-corrected chi connectivity index (χ3v) is 13.3. The van der Waals surface area contributed by atoms with Crippen LogP contribution < -0.4 is 16.1 Å². The molecule has 2 atom stereocenters. The monoisotopic (exact) mass is 733 g/mol. The average molecular weight is 734 g/mol. The van der Waals surface area contributed by atoms with E-state index in [1.165, 1.54) is 17.8 Å². The van der Waals surface area contributed by atoms with Gasteiger partial charge in [-0.2, -0.15) is 5.10 Å². The minimum atomic E-state index is -1.14. The number of phenolic OH excluding ortho intramolecular Hbond substituents is 1. The number of amides is 1. The number of nitrogens with one attached hydrogen (secondary N) is 1. The maximum atomic E-state index is 13.6. The Kier molecular flexibility index (Phi) is 7.58. The molecule has 53 heavy (non-hydrogen) atoms. The number of nitrogens with zero attached hydrogens (tertiary/aromatic N) is 5. The van der Waals surface area contributed by atoms with Crippen LogP contribution in [0.5, 0.6) is 5.75 Å². The van der Waals surface area contributed by atoms with Crippen LogP contribution in [0, 0.1) is 23.2 Å². The summed E-state index contributed by atoms with van der Waals surface area (Å²) in [5.74, 6) is 5.13. The van der Waals surface area contributed by atoms with Crippen molar-refractivity contribution in [3.63, 3.8) is 0 Å². The lowest BCUT2D eigenvalue weighted by molar-refractivity contribution is -0.250. The van der Waals surface area contributed by atoms with Gasteiger partial charge in [0, 0.05) is 47.6 Å². The molecule has 12 nitrogen and oxygen atoms in total. The molecule has 4 aliphatic carbocycles. The van der Waals surface area contributed by atoms with Crippen molar-refractivity contribution in [2.75, 3.05) is 16.8 Å². The molecule has 4 heterocycles. The molecule has 0 radical (unpaired) electrons. The number of aromatic nitrogens is 4. The summed E-state index contributed by atoms with van der Waals surface area (Å²) in [6, 6.07) is 14.5. The lowest BCUT2D eigenvalue weighted by atomic mass is 9.39. The Morgan fingerprint density at radius 3 is 2.47 bits per heavy atom. The van der Waals surface area contributed by atoms with Crippen LogP contribution in [0.25, 0.3) is 21.3 Å². The van der Waals surface area contributed by atoms with E-state index in [0.29, 0.717) is 46.2 Å². The van der Waals surface area contributed by atoms with Crippen LogP contribution in [0.1, 0.15) is 90.0 Å². The van der Waals surface area contributed by atoms with Crippen molar-refractivity contribution >= 4 is 44.4 Å². The molecule has 0 spiro atoms. The van der Waals surface area contributed by atoms with Gasteiger partial charge in [0.2, 0.25) is 0 Å². The van der Waals surface area contributed by atoms with Gasteiger partial charge in [0.25, 0.3) is 5.91 Å². The first-order chi connectivity index (χ1) is 25.3. The molecule has 274 valence electrons. The third kappa shape index (κ3) is 5.67. The second kappa shape index (κ2) is 11.8. The fourth-order valence-electron chi connectivity index (χ4n) is 11.5. The van der Waals surface area contributed by atoms with Gasteiger partial charge in [-0.15, -0.1) is 0 Å². The lowest BCUT2D eigenvalue weighted by Gasteiger charge is -2.68. The summed E-state index contributed by atoms with van der Waals surface area (Å²) in [7, 11) is 0. The van der Waals surface area contributed by atoms with E-state index in [4.69, 9.17) is 20.8 Å². The van der Waals surface area contributed by atoms with Crippen LogP contribution in [0.4, 0.5) is 10.9 Å². The van der Waals surface area contributed by atoms with Gasteiger partial charge in [-0.05, 0) is 110 Å². The number of thiazole rings is 1. The lowest BCUT2D eigenvalue weighted by Crippen LogP contribution is -2.65. The molecule has 2 aromatic carbocycles. The van der Waals surface area contributed by atoms with Crippen molar-refractivity contribution in [1.29, 1.82) is 0 Å². The van der Waals surface area contributed by atoms with Gasteiger partial charge >= 0.3 is 5.97 Å². The summed E-state index contributed by atoms with van der Waals surface area (Å²) in [6.45, 7) is 8.22. The normalized spacial score (nSPS) is 27.3. The fourth-order valence-corrected chi connectivity index (χ4v) is 12.3. The van der Waals surface area contributed by atoms with E-state index in [-0.39, 0.29) is 45.7 Å². The number of carbonyl (C=O) groups excluding carboxylic acids is 1. The molecular weight excluding hydrogens is 691 g/mol. The summed E-state index contributed by atoms with van der Waals surface area (Å²) in [4.78, 5) is 43.4. The Morgan fingerprint density at radius 2 is 1.74 bits per heavy atom. The van der Waals surface area contributed by atoms with Crippen molar-refractivity contribution < 1.29 is 24.6 Å². The second-order valence-corrected chi connectivity index (χ2v) is 17.9. The molecule has 5 N–H and O–H groups in total. The van der Waals surface area contributed by atoms with Crippen molar-refractivity contribution in [1.82, 2.24) is 19.7 Å². The Hall–Kier alpha value is -4.85. The number of hydrogen-bond acceptors (Lipinski definition) is 10. The number of phenols is 1. The van der Waals surface area contributed by atoms with Crippen molar-refractivity contribution in [2.24, 2.45) is 22.1 Å². The molecule has 2 unspecified atom stereocenters. The van der Waals surface area contributed by atoms with Gasteiger partial charge in [-0.3, -0.25) is 19.6 Å². The number of carboxylic acids is 1. The number of anilines is 2. The van der Waals surface area contributed by atoms with Crippen molar-refractivity contribution in [2.45, 2.75) is 84.4 Å². The second-order valence-electron chi connectivity index (χ2n) is 16.9. The number of para-hydroxylation sites is 1. The molecule has 1 amide bonds. The summed E-state index contributed by atoms with van der Waals surface area (Å²) in [6.07, 6.45) is 8.44. The summed E-state index contributed by atoms with van der Waals surface area (Å²) in [5, 5.41) is 29.5. The maximum absolute atomic E-state index is 13.6. The number of carboxylic acid groups (broad SMARTS) is 1. The zero-order valence-corrected chi connectivity index (χ0v) is 30.9. The highest BCUT2D eigenvalue weighted by Crippen LogP contribution is 2.71. The number of hydrogen-bond donors (Lipinski definition) is 4. The highest BCUT2D eigenvalue weighted by Gasteiger charge is 2.66. The van der Waals surface area contributed by atoms with Gasteiger partial charge in [0.05, 0.1) is 22.0 Å². The number of rotatable bonds is 8. The van der Waals surface area contributed by atoms with Crippen LogP contribution in [0.15, 0.2) is 54.7 Å². The van der Waals surface area contributed by atoms with Crippen LogP contribution in [-0.4, -0.2) is 54.0 Å². The molecule has 4 fully saturated rings. The van der Waals surface area contributed by atoms with Crippen molar-refractivity contribution in [3.05, 3.63) is 82.8 Å². The van der Waals surface area contributed by atoms with Gasteiger partial charge in [-0.25, -0.2) is 20.7 Å². The van der Waals surface area contributed by atoms with Crippen LogP contribution in [-0.2, 0) is 24.3 Å². The molecule has 0 saturated heterocycles. The van der Waals surface area contributed by atoms with E-state index >= 15 is 0 Å². The topological polar surface area (TPSA) is 169 Å². The van der Waals surface area contributed by atoms with Crippen LogP contribution >= 0.6 is 11.3 Å².